The minimum atomic E-state index is -3.57. The molecule has 0 aromatic heterocycles. The summed E-state index contributed by atoms with van der Waals surface area (Å²) in [7, 11) is -3.57. The highest BCUT2D eigenvalue weighted by molar-refractivity contribution is 7.92. The molecule has 8 nitrogen and oxygen atoms in total. The van der Waals surface area contributed by atoms with Crippen LogP contribution in [0.15, 0.2) is 36.4 Å². The zero-order valence-electron chi connectivity index (χ0n) is 15.6. The summed E-state index contributed by atoms with van der Waals surface area (Å²) in [6, 6.07) is 9.77. The molecule has 0 saturated heterocycles. The maximum absolute atomic E-state index is 12.8. The van der Waals surface area contributed by atoms with Gasteiger partial charge in [0.15, 0.2) is 17.6 Å². The van der Waals surface area contributed by atoms with Crippen LogP contribution in [0, 0.1) is 0 Å². The first-order valence-corrected chi connectivity index (χ1v) is 11.2. The summed E-state index contributed by atoms with van der Waals surface area (Å²) in [5, 5.41) is 3.17. The average Bonchev–Trinajstić information content (AvgIpc) is 2.87. The number of carbonyl (C=O) groups is 1. The number of nitrogens with zero attached hydrogens (tertiary/aromatic N) is 1. The Bertz CT molecular complexity index is 1060. The van der Waals surface area contributed by atoms with Crippen LogP contribution >= 0.6 is 11.6 Å². The molecule has 2 aromatic carbocycles. The van der Waals surface area contributed by atoms with Crippen LogP contribution in [0.5, 0.6) is 17.2 Å². The summed E-state index contributed by atoms with van der Waals surface area (Å²) in [6.07, 6.45) is 0.401. The van der Waals surface area contributed by atoms with E-state index in [0.717, 1.165) is 6.26 Å². The third kappa shape index (κ3) is 4.20. The number of ether oxygens (including phenoxy) is 3. The van der Waals surface area contributed by atoms with Crippen LogP contribution < -0.4 is 23.8 Å². The molecule has 1 amide bonds. The van der Waals surface area contributed by atoms with Crippen molar-refractivity contribution in [1.29, 1.82) is 0 Å². The number of halogens is 1. The van der Waals surface area contributed by atoms with E-state index in [1.54, 1.807) is 30.3 Å². The third-order valence-corrected chi connectivity index (χ3v) is 5.97. The fourth-order valence-electron chi connectivity index (χ4n) is 3.23. The highest BCUT2D eigenvalue weighted by atomic mass is 35.5. The Morgan fingerprint density at radius 1 is 1.10 bits per heavy atom. The summed E-state index contributed by atoms with van der Waals surface area (Å²) in [5.74, 6) is 1.06. The van der Waals surface area contributed by atoms with Crippen molar-refractivity contribution in [3.05, 3.63) is 41.4 Å². The maximum atomic E-state index is 12.8. The fourth-order valence-corrected chi connectivity index (χ4v) is 4.33. The molecule has 2 aromatic rings. The fraction of sp³-hybridized carbons (Fsp3) is 0.316. The second kappa shape index (κ2) is 7.64. The van der Waals surface area contributed by atoms with Crippen LogP contribution in [0.2, 0.25) is 5.02 Å². The Morgan fingerprint density at radius 3 is 2.59 bits per heavy atom. The van der Waals surface area contributed by atoms with E-state index in [9.17, 15) is 13.2 Å². The Kier molecular flexibility index (Phi) is 5.18. The molecule has 154 valence electrons. The number of hydrogen-bond acceptors (Lipinski definition) is 6. The summed E-state index contributed by atoms with van der Waals surface area (Å²) >= 11 is 6.03. The van der Waals surface area contributed by atoms with Crippen LogP contribution in [-0.2, 0) is 14.8 Å². The molecule has 2 aliphatic heterocycles. The monoisotopic (exact) mass is 438 g/mol. The largest absolute Gasteiger partial charge is 0.486 e. The molecular formula is C19H19ClN2O6S. The molecule has 0 spiro atoms. The molecule has 2 aliphatic rings. The first-order valence-electron chi connectivity index (χ1n) is 8.96. The quantitative estimate of drug-likeness (QED) is 0.791. The summed E-state index contributed by atoms with van der Waals surface area (Å²) in [6.45, 7) is 1.01. The predicted molar refractivity (Wildman–Crippen MR) is 109 cm³/mol. The zero-order valence-corrected chi connectivity index (χ0v) is 17.1. The van der Waals surface area contributed by atoms with Crippen molar-refractivity contribution in [1.82, 2.24) is 0 Å². The molecule has 0 bridgehead atoms. The molecule has 0 fully saturated rings. The van der Waals surface area contributed by atoms with E-state index in [0.29, 0.717) is 41.1 Å². The van der Waals surface area contributed by atoms with Crippen LogP contribution in [0.1, 0.15) is 6.42 Å². The molecule has 0 unspecified atom stereocenters. The van der Waals surface area contributed by atoms with Crippen molar-refractivity contribution in [2.45, 2.75) is 12.5 Å². The number of nitrogens with one attached hydrogen (secondary N) is 1. The van der Waals surface area contributed by atoms with Crippen LogP contribution in [0.25, 0.3) is 0 Å². The molecule has 0 aliphatic carbocycles. The van der Waals surface area contributed by atoms with Gasteiger partial charge in [-0.2, -0.15) is 0 Å². The van der Waals surface area contributed by atoms with Crippen LogP contribution in [0.4, 0.5) is 11.4 Å². The van der Waals surface area contributed by atoms with E-state index in [1.807, 2.05) is 0 Å². The van der Waals surface area contributed by atoms with Gasteiger partial charge >= 0.3 is 0 Å². The van der Waals surface area contributed by atoms with Gasteiger partial charge in [-0.15, -0.1) is 0 Å². The number of fused-ring (bicyclic) bond motifs is 2. The number of rotatable bonds is 3. The van der Waals surface area contributed by atoms with E-state index in [-0.39, 0.29) is 18.7 Å². The number of benzene rings is 2. The van der Waals surface area contributed by atoms with Crippen molar-refractivity contribution < 1.29 is 27.4 Å². The van der Waals surface area contributed by atoms with Crippen molar-refractivity contribution in [3.8, 4) is 17.2 Å². The van der Waals surface area contributed by atoms with Crippen LogP contribution in [0.3, 0.4) is 0 Å². The Labute approximate surface area is 173 Å². The lowest BCUT2D eigenvalue weighted by atomic mass is 10.2. The molecule has 29 heavy (non-hydrogen) atoms. The second-order valence-corrected chi connectivity index (χ2v) is 9.03. The normalized spacial score (nSPS) is 18.3. The van der Waals surface area contributed by atoms with Crippen molar-refractivity contribution in [3.63, 3.8) is 0 Å². The summed E-state index contributed by atoms with van der Waals surface area (Å²) < 4.78 is 42.5. The Morgan fingerprint density at radius 2 is 1.83 bits per heavy atom. The first kappa shape index (κ1) is 19.7. The first-order chi connectivity index (χ1) is 13.8. The molecule has 4 rings (SSSR count). The molecule has 1 N–H and O–H groups in total. The van der Waals surface area contributed by atoms with Gasteiger partial charge in [0.05, 0.1) is 11.9 Å². The lowest BCUT2D eigenvalue weighted by molar-refractivity contribution is -0.122. The predicted octanol–water partition coefficient (Wildman–Crippen LogP) is 2.67. The molecule has 2 heterocycles. The van der Waals surface area contributed by atoms with E-state index in [4.69, 9.17) is 25.8 Å². The Hall–Kier alpha value is -2.65. The van der Waals surface area contributed by atoms with Gasteiger partial charge in [-0.3, -0.25) is 9.10 Å². The van der Waals surface area contributed by atoms with Gasteiger partial charge in [0.2, 0.25) is 10.0 Å². The van der Waals surface area contributed by atoms with Crippen molar-refractivity contribution >= 4 is 38.9 Å². The standard InChI is InChI=1S/C19H19ClN2O6S/c1-29(24,25)22-7-6-17(28-15-4-2-12(20)10-14(15)22)19(23)21-13-3-5-16-18(11-13)27-9-8-26-16/h2-5,10-11,17H,6-9H2,1H3,(H,21,23)/t17-/m1/s1. The second-order valence-electron chi connectivity index (χ2n) is 6.69. The highest BCUT2D eigenvalue weighted by Crippen LogP contribution is 2.37. The molecular weight excluding hydrogens is 420 g/mol. The minimum Gasteiger partial charge on any atom is -0.486 e. The number of sulfonamides is 1. The third-order valence-electron chi connectivity index (χ3n) is 4.56. The van der Waals surface area contributed by atoms with Crippen LogP contribution in [-0.4, -0.2) is 46.4 Å². The minimum absolute atomic E-state index is 0.0887. The lowest BCUT2D eigenvalue weighted by Crippen LogP contribution is -2.36. The van der Waals surface area contributed by atoms with E-state index >= 15 is 0 Å². The van der Waals surface area contributed by atoms with Crippen molar-refractivity contribution in [2.75, 3.05) is 35.6 Å². The summed E-state index contributed by atoms with van der Waals surface area (Å²) in [5.41, 5.74) is 0.845. The smallest absolute Gasteiger partial charge is 0.265 e. The number of carbonyl (C=O) groups excluding carboxylic acids is 1. The van der Waals surface area contributed by atoms with Gasteiger partial charge in [0.1, 0.15) is 19.0 Å². The molecule has 10 heteroatoms. The molecule has 0 saturated carbocycles. The average molecular weight is 439 g/mol. The van der Waals surface area contributed by atoms with Gasteiger partial charge in [-0.1, -0.05) is 11.6 Å². The number of hydrogen-bond donors (Lipinski definition) is 1. The Balaban J connectivity index is 1.56. The molecule has 0 radical (unpaired) electrons. The van der Waals surface area contributed by atoms with E-state index in [1.165, 1.54) is 10.4 Å². The van der Waals surface area contributed by atoms with Gasteiger partial charge < -0.3 is 19.5 Å². The zero-order chi connectivity index (χ0) is 20.6. The lowest BCUT2D eigenvalue weighted by Gasteiger charge is -2.21. The van der Waals surface area contributed by atoms with Gasteiger partial charge in [-0.05, 0) is 30.3 Å². The van der Waals surface area contributed by atoms with E-state index < -0.39 is 22.0 Å². The maximum Gasteiger partial charge on any atom is 0.265 e. The molecule has 1 atom stereocenters. The van der Waals surface area contributed by atoms with Gasteiger partial charge in [-0.25, -0.2) is 8.42 Å². The highest BCUT2D eigenvalue weighted by Gasteiger charge is 2.31. The topological polar surface area (TPSA) is 94.2 Å². The SMILES string of the molecule is CS(=O)(=O)N1CC[C@H](C(=O)Nc2ccc3c(c2)OCCO3)Oc2ccc(Cl)cc21. The number of anilines is 2. The van der Waals surface area contributed by atoms with Gasteiger partial charge in [0.25, 0.3) is 5.91 Å². The summed E-state index contributed by atoms with van der Waals surface area (Å²) in [4.78, 5) is 12.8. The number of amides is 1. The van der Waals surface area contributed by atoms with E-state index in [2.05, 4.69) is 5.32 Å². The van der Waals surface area contributed by atoms with Gasteiger partial charge in [0, 0.05) is 29.7 Å². The van der Waals surface area contributed by atoms with Crippen molar-refractivity contribution in [2.24, 2.45) is 0 Å².